The fourth-order valence-electron chi connectivity index (χ4n) is 3.14. The molecule has 0 spiro atoms. The van der Waals surface area contributed by atoms with Crippen LogP contribution in [0.4, 0.5) is 0 Å². The summed E-state index contributed by atoms with van der Waals surface area (Å²) in [5, 5.41) is 2.97. The molecule has 132 valence electrons. The van der Waals surface area contributed by atoms with Gasteiger partial charge in [0, 0.05) is 7.47 Å². The maximum Gasteiger partial charge on any atom is 0.234 e. The maximum atomic E-state index is 11.8. The Morgan fingerprint density at radius 2 is 1.86 bits per heavy atom. The molecule has 1 atom stereocenters. The Morgan fingerprint density at radius 3 is 2.36 bits per heavy atom. The average molecular weight is 315 g/mol. The SMILES string of the molecule is CC(C)NC(=O)CN1CCC(CC[C@H](C)OC(C)(C)C)CC1.[HH]. The van der Waals surface area contributed by atoms with Gasteiger partial charge in [-0.25, -0.2) is 0 Å². The first-order chi connectivity index (χ1) is 10.2. The van der Waals surface area contributed by atoms with Crippen LogP contribution in [0.3, 0.4) is 0 Å². The first-order valence-electron chi connectivity index (χ1n) is 8.85. The van der Waals surface area contributed by atoms with E-state index in [0.29, 0.717) is 12.6 Å². The zero-order valence-electron chi connectivity index (χ0n) is 15.4. The van der Waals surface area contributed by atoms with Gasteiger partial charge in [0.1, 0.15) is 0 Å². The number of ether oxygens (including phenoxy) is 1. The summed E-state index contributed by atoms with van der Waals surface area (Å²) in [7, 11) is 0. The van der Waals surface area contributed by atoms with Crippen LogP contribution < -0.4 is 5.32 Å². The molecular weight excluding hydrogens is 276 g/mol. The summed E-state index contributed by atoms with van der Waals surface area (Å²) in [4.78, 5) is 14.1. The lowest BCUT2D eigenvalue weighted by atomic mass is 9.91. The topological polar surface area (TPSA) is 41.6 Å². The second-order valence-corrected chi connectivity index (χ2v) is 8.06. The van der Waals surface area contributed by atoms with Gasteiger partial charge in [-0.15, -0.1) is 0 Å². The van der Waals surface area contributed by atoms with Gasteiger partial charge in [-0.1, -0.05) is 0 Å². The van der Waals surface area contributed by atoms with Crippen molar-refractivity contribution in [2.45, 2.75) is 85.0 Å². The van der Waals surface area contributed by atoms with E-state index in [1.807, 2.05) is 13.8 Å². The minimum Gasteiger partial charge on any atom is -0.373 e. The number of carbonyl (C=O) groups is 1. The molecule has 22 heavy (non-hydrogen) atoms. The van der Waals surface area contributed by atoms with Gasteiger partial charge in [0.2, 0.25) is 5.91 Å². The Morgan fingerprint density at radius 1 is 1.27 bits per heavy atom. The molecule has 0 aliphatic carbocycles. The highest BCUT2D eigenvalue weighted by molar-refractivity contribution is 5.78. The highest BCUT2D eigenvalue weighted by Gasteiger charge is 2.22. The van der Waals surface area contributed by atoms with Crippen LogP contribution in [-0.4, -0.2) is 48.2 Å². The van der Waals surface area contributed by atoms with Crippen molar-refractivity contribution in [1.29, 1.82) is 0 Å². The van der Waals surface area contributed by atoms with E-state index in [2.05, 4.69) is 37.9 Å². The zero-order valence-corrected chi connectivity index (χ0v) is 15.4. The summed E-state index contributed by atoms with van der Waals surface area (Å²) in [6, 6.07) is 0.231. The van der Waals surface area contributed by atoms with E-state index < -0.39 is 0 Å². The van der Waals surface area contributed by atoms with Crippen molar-refractivity contribution in [2.75, 3.05) is 19.6 Å². The van der Waals surface area contributed by atoms with Gasteiger partial charge >= 0.3 is 0 Å². The molecule has 1 saturated heterocycles. The Balaban J connectivity index is 0.00000484. The highest BCUT2D eigenvalue weighted by atomic mass is 16.5. The van der Waals surface area contributed by atoms with Crippen LogP contribution in [-0.2, 0) is 9.53 Å². The third-order valence-corrected chi connectivity index (χ3v) is 4.06. The summed E-state index contributed by atoms with van der Waals surface area (Å²) in [6.45, 7) is 15.2. The van der Waals surface area contributed by atoms with Gasteiger partial charge in [0.25, 0.3) is 0 Å². The summed E-state index contributed by atoms with van der Waals surface area (Å²) in [6.07, 6.45) is 5.11. The summed E-state index contributed by atoms with van der Waals surface area (Å²) >= 11 is 0. The fourth-order valence-corrected chi connectivity index (χ4v) is 3.14. The van der Waals surface area contributed by atoms with Gasteiger partial charge in [-0.3, -0.25) is 9.69 Å². The zero-order chi connectivity index (χ0) is 16.8. The van der Waals surface area contributed by atoms with Crippen LogP contribution in [0.15, 0.2) is 0 Å². The molecule has 1 heterocycles. The molecule has 4 heteroatoms. The van der Waals surface area contributed by atoms with Crippen molar-refractivity contribution in [2.24, 2.45) is 5.92 Å². The van der Waals surface area contributed by atoms with Gasteiger partial charge in [0.15, 0.2) is 0 Å². The molecule has 4 nitrogen and oxygen atoms in total. The largest absolute Gasteiger partial charge is 0.373 e. The number of piperidine rings is 1. The van der Waals surface area contributed by atoms with Crippen LogP contribution in [0.1, 0.15) is 68.7 Å². The molecule has 1 rings (SSSR count). The lowest BCUT2D eigenvalue weighted by Gasteiger charge is -2.32. The predicted octanol–water partition coefficient (Wildman–Crippen LogP) is 3.45. The molecule has 0 aromatic carbocycles. The number of nitrogens with zero attached hydrogens (tertiary/aromatic N) is 1. The monoisotopic (exact) mass is 314 g/mol. The number of hydrogen-bond donors (Lipinski definition) is 1. The van der Waals surface area contributed by atoms with Crippen molar-refractivity contribution in [3.8, 4) is 0 Å². The minimum absolute atomic E-state index is 0. The lowest BCUT2D eigenvalue weighted by Crippen LogP contribution is -2.43. The Hall–Kier alpha value is -0.610. The number of likely N-dealkylation sites (tertiary alicyclic amines) is 1. The van der Waals surface area contributed by atoms with E-state index in [9.17, 15) is 4.79 Å². The average Bonchev–Trinajstić information content (AvgIpc) is 2.35. The van der Waals surface area contributed by atoms with Crippen molar-refractivity contribution in [3.05, 3.63) is 0 Å². The molecule has 0 unspecified atom stereocenters. The second-order valence-electron chi connectivity index (χ2n) is 8.06. The molecule has 0 aromatic rings. The Bertz CT molecular complexity index is 334. The standard InChI is InChI=1S/C18H36N2O2.H2/c1-14(2)19-17(21)13-20-11-9-16(10-12-20)8-7-15(3)22-18(4,5)6;/h14-16H,7-13H2,1-6H3,(H,19,21);1H/t15-;/m0./s1. The third kappa shape index (κ3) is 8.74. The number of rotatable bonds is 7. The van der Waals surface area contributed by atoms with Gasteiger partial charge < -0.3 is 10.1 Å². The van der Waals surface area contributed by atoms with Crippen LogP contribution in [0.25, 0.3) is 0 Å². The van der Waals surface area contributed by atoms with Crippen molar-refractivity contribution >= 4 is 5.91 Å². The van der Waals surface area contributed by atoms with E-state index in [0.717, 1.165) is 25.4 Å². The third-order valence-electron chi connectivity index (χ3n) is 4.06. The molecule has 0 radical (unpaired) electrons. The molecule has 0 saturated carbocycles. The summed E-state index contributed by atoms with van der Waals surface area (Å²) in [5.41, 5.74) is -0.0491. The molecule has 0 bridgehead atoms. The number of hydrogen-bond acceptors (Lipinski definition) is 3. The van der Waals surface area contributed by atoms with Gasteiger partial charge in [-0.2, -0.15) is 0 Å². The Kier molecular flexibility index (Phi) is 7.84. The van der Waals surface area contributed by atoms with Gasteiger partial charge in [0.05, 0.1) is 18.2 Å². The first-order valence-corrected chi connectivity index (χ1v) is 8.85. The number of amides is 1. The van der Waals surface area contributed by atoms with E-state index in [1.54, 1.807) is 0 Å². The van der Waals surface area contributed by atoms with E-state index in [1.165, 1.54) is 19.3 Å². The van der Waals surface area contributed by atoms with Crippen LogP contribution >= 0.6 is 0 Å². The van der Waals surface area contributed by atoms with E-state index >= 15 is 0 Å². The number of carbonyl (C=O) groups excluding carboxylic acids is 1. The smallest absolute Gasteiger partial charge is 0.234 e. The fraction of sp³-hybridized carbons (Fsp3) is 0.944. The molecule has 1 aliphatic rings. The lowest BCUT2D eigenvalue weighted by molar-refractivity contribution is -0.123. The molecule has 1 fully saturated rings. The predicted molar refractivity (Wildman–Crippen MR) is 94.1 cm³/mol. The van der Waals surface area contributed by atoms with Crippen LogP contribution in [0, 0.1) is 5.92 Å². The van der Waals surface area contributed by atoms with Gasteiger partial charge in [-0.05, 0) is 86.2 Å². The van der Waals surface area contributed by atoms with Crippen LogP contribution in [0.2, 0.25) is 0 Å². The molecule has 1 N–H and O–H groups in total. The van der Waals surface area contributed by atoms with Crippen LogP contribution in [0.5, 0.6) is 0 Å². The molecular formula is C18H38N2O2. The van der Waals surface area contributed by atoms with Crippen molar-refractivity contribution < 1.29 is 11.0 Å². The Labute approximate surface area is 138 Å². The first kappa shape index (κ1) is 19.4. The van der Waals surface area contributed by atoms with Crippen molar-refractivity contribution in [3.63, 3.8) is 0 Å². The van der Waals surface area contributed by atoms with Crippen molar-refractivity contribution in [1.82, 2.24) is 10.2 Å². The summed E-state index contributed by atoms with van der Waals surface area (Å²) in [5.74, 6) is 0.941. The quantitative estimate of drug-likeness (QED) is 0.782. The molecule has 1 amide bonds. The summed E-state index contributed by atoms with van der Waals surface area (Å²) < 4.78 is 5.98. The maximum absolute atomic E-state index is 11.8. The minimum atomic E-state index is -0.0491. The number of nitrogens with one attached hydrogen (secondary N) is 1. The molecule has 0 aromatic heterocycles. The normalized spacial score (nSPS) is 19.4. The van der Waals surface area contributed by atoms with E-state index in [4.69, 9.17) is 4.74 Å². The van der Waals surface area contributed by atoms with E-state index in [-0.39, 0.29) is 19.0 Å². The highest BCUT2D eigenvalue weighted by Crippen LogP contribution is 2.24. The molecule has 1 aliphatic heterocycles. The second kappa shape index (κ2) is 8.88.